The molecule has 0 radical (unpaired) electrons. The Labute approximate surface area is 157 Å². The molecule has 132 valence electrons. The minimum Gasteiger partial charge on any atom is -0.217 e. The maximum Gasteiger partial charge on any atom is 0.225 e. The van der Waals surface area contributed by atoms with Gasteiger partial charge in [-0.1, -0.05) is 66.7 Å². The Hall–Kier alpha value is -3.05. The van der Waals surface area contributed by atoms with Crippen LogP contribution in [0.1, 0.15) is 18.1 Å². The quantitative estimate of drug-likeness (QED) is 0.630. The molecule has 0 unspecified atom stereocenters. The van der Waals surface area contributed by atoms with Crippen molar-refractivity contribution in [2.24, 2.45) is 10.2 Å². The van der Waals surface area contributed by atoms with Crippen molar-refractivity contribution in [3.8, 4) is 11.1 Å². The zero-order valence-corrected chi connectivity index (χ0v) is 15.4. The minimum atomic E-state index is -3.74. The zero-order chi connectivity index (χ0) is 18.6. The highest BCUT2D eigenvalue weighted by atomic mass is 32.2. The van der Waals surface area contributed by atoms with Crippen LogP contribution in [0, 0.1) is 0 Å². The number of nitrogens with zero attached hydrogens (tertiary/aromatic N) is 2. The van der Waals surface area contributed by atoms with Gasteiger partial charge in [-0.3, -0.25) is 0 Å². The Kier molecular flexibility index (Phi) is 3.27. The Morgan fingerprint density at radius 3 is 1.85 bits per heavy atom. The Bertz CT molecular complexity index is 1200. The van der Waals surface area contributed by atoms with E-state index in [0.29, 0.717) is 5.57 Å². The van der Waals surface area contributed by atoms with Crippen LogP contribution in [0.3, 0.4) is 0 Å². The van der Waals surface area contributed by atoms with Crippen molar-refractivity contribution < 1.29 is 8.42 Å². The predicted molar refractivity (Wildman–Crippen MR) is 104 cm³/mol. The molecular weight excluding hydrogens is 356 g/mol. The molecule has 1 aliphatic carbocycles. The molecule has 0 aromatic heterocycles. The molecule has 1 spiro atoms. The molecule has 1 heterocycles. The highest BCUT2D eigenvalue weighted by Crippen LogP contribution is 2.57. The fourth-order valence-electron chi connectivity index (χ4n) is 4.12. The van der Waals surface area contributed by atoms with Crippen molar-refractivity contribution in [3.05, 3.63) is 101 Å². The second-order valence-corrected chi connectivity index (χ2v) is 8.61. The van der Waals surface area contributed by atoms with E-state index in [0.717, 1.165) is 22.3 Å². The highest BCUT2D eigenvalue weighted by Gasteiger charge is 2.50. The third-order valence-electron chi connectivity index (χ3n) is 5.39. The molecule has 5 heteroatoms. The second-order valence-electron chi connectivity index (χ2n) is 6.75. The van der Waals surface area contributed by atoms with Gasteiger partial charge < -0.3 is 0 Å². The number of hydrogen-bond donors (Lipinski definition) is 0. The van der Waals surface area contributed by atoms with Crippen LogP contribution in [-0.2, 0) is 15.4 Å². The van der Waals surface area contributed by atoms with Gasteiger partial charge in [0.15, 0.2) is 10.6 Å². The van der Waals surface area contributed by atoms with Gasteiger partial charge in [0.1, 0.15) is 0 Å². The molecule has 0 atom stereocenters. The van der Waals surface area contributed by atoms with Gasteiger partial charge in [-0.2, -0.15) is 5.11 Å². The van der Waals surface area contributed by atoms with E-state index in [-0.39, 0.29) is 9.92 Å². The molecule has 0 bridgehead atoms. The smallest absolute Gasteiger partial charge is 0.217 e. The van der Waals surface area contributed by atoms with E-state index in [4.69, 9.17) is 0 Å². The summed E-state index contributed by atoms with van der Waals surface area (Å²) in [5.74, 6) is 0. The molecule has 2 aliphatic rings. The number of azo groups is 1. The third-order valence-corrected chi connectivity index (χ3v) is 7.18. The first kappa shape index (κ1) is 16.1. The molecule has 0 saturated carbocycles. The number of hydrogen-bond acceptors (Lipinski definition) is 4. The predicted octanol–water partition coefficient (Wildman–Crippen LogP) is 5.08. The van der Waals surface area contributed by atoms with E-state index in [1.165, 1.54) is 0 Å². The third kappa shape index (κ3) is 2.00. The lowest BCUT2D eigenvalue weighted by Crippen LogP contribution is -2.22. The van der Waals surface area contributed by atoms with Crippen LogP contribution < -0.4 is 0 Å². The van der Waals surface area contributed by atoms with Crippen LogP contribution in [0.2, 0.25) is 0 Å². The molecule has 5 rings (SSSR count). The summed E-state index contributed by atoms with van der Waals surface area (Å²) >= 11 is 0. The van der Waals surface area contributed by atoms with E-state index < -0.39 is 15.4 Å². The van der Waals surface area contributed by atoms with Gasteiger partial charge in [0.2, 0.25) is 9.84 Å². The van der Waals surface area contributed by atoms with E-state index >= 15 is 0 Å². The van der Waals surface area contributed by atoms with Gasteiger partial charge in [-0.25, -0.2) is 8.42 Å². The molecule has 0 amide bonds. The number of benzene rings is 3. The molecule has 0 N–H and O–H groups in total. The fourth-order valence-corrected chi connectivity index (χ4v) is 5.55. The molecular formula is C22H16N2O2S. The summed E-state index contributed by atoms with van der Waals surface area (Å²) in [6, 6.07) is 24.4. The molecule has 1 aliphatic heterocycles. The standard InChI is InChI=1S/C22H16N2O2S/c1-15-21(27(25,26)16-9-3-2-4-10-16)23-24-22(15)19-13-7-5-11-17(19)18-12-6-8-14-20(18)22/h2-14H,1H3. The molecule has 27 heavy (non-hydrogen) atoms. The van der Waals surface area contributed by atoms with Gasteiger partial charge >= 0.3 is 0 Å². The van der Waals surface area contributed by atoms with Gasteiger partial charge in [0.25, 0.3) is 0 Å². The number of sulfone groups is 1. The largest absolute Gasteiger partial charge is 0.225 e. The van der Waals surface area contributed by atoms with Crippen LogP contribution in [0.5, 0.6) is 0 Å². The summed E-state index contributed by atoms with van der Waals surface area (Å²) in [5, 5.41) is 8.83. The first-order chi connectivity index (χ1) is 13.1. The van der Waals surface area contributed by atoms with Crippen LogP contribution in [-0.4, -0.2) is 8.42 Å². The van der Waals surface area contributed by atoms with Crippen molar-refractivity contribution in [2.75, 3.05) is 0 Å². The normalized spacial score (nSPS) is 16.6. The van der Waals surface area contributed by atoms with Crippen molar-refractivity contribution in [1.82, 2.24) is 0 Å². The van der Waals surface area contributed by atoms with Gasteiger partial charge in [0, 0.05) is 5.57 Å². The van der Waals surface area contributed by atoms with Gasteiger partial charge in [-0.05, 0) is 41.3 Å². The maximum absolute atomic E-state index is 13.2. The van der Waals surface area contributed by atoms with E-state index in [9.17, 15) is 8.42 Å². The van der Waals surface area contributed by atoms with E-state index in [1.807, 2.05) is 43.3 Å². The van der Waals surface area contributed by atoms with Crippen LogP contribution in [0.4, 0.5) is 0 Å². The first-order valence-corrected chi connectivity index (χ1v) is 10.2. The Balaban J connectivity index is 1.80. The SMILES string of the molecule is CC1=C(S(=O)(=O)c2ccccc2)N=NC12c1ccccc1-c1ccccc12. The molecule has 3 aromatic rings. The highest BCUT2D eigenvalue weighted by molar-refractivity contribution is 7.95. The lowest BCUT2D eigenvalue weighted by atomic mass is 9.83. The molecule has 3 aromatic carbocycles. The molecule has 0 saturated heterocycles. The number of rotatable bonds is 2. The maximum atomic E-state index is 13.2. The average molecular weight is 372 g/mol. The lowest BCUT2D eigenvalue weighted by Gasteiger charge is -2.24. The Morgan fingerprint density at radius 1 is 0.741 bits per heavy atom. The minimum absolute atomic E-state index is 0.0419. The molecule has 0 fully saturated rings. The topological polar surface area (TPSA) is 58.9 Å². The Morgan fingerprint density at radius 2 is 1.26 bits per heavy atom. The summed E-state index contributed by atoms with van der Waals surface area (Å²) in [6.07, 6.45) is 0. The average Bonchev–Trinajstić information content (AvgIpc) is 3.21. The van der Waals surface area contributed by atoms with Crippen LogP contribution >= 0.6 is 0 Å². The zero-order valence-electron chi connectivity index (χ0n) is 14.6. The van der Waals surface area contributed by atoms with Gasteiger partial charge in [-0.15, -0.1) is 5.11 Å². The summed E-state index contributed by atoms with van der Waals surface area (Å²) in [4.78, 5) is 0.231. The summed E-state index contributed by atoms with van der Waals surface area (Å²) in [5.41, 5.74) is 3.87. The van der Waals surface area contributed by atoms with Gasteiger partial charge in [0.05, 0.1) is 4.90 Å². The lowest BCUT2D eigenvalue weighted by molar-refractivity contribution is 0.601. The van der Waals surface area contributed by atoms with Crippen molar-refractivity contribution in [1.29, 1.82) is 0 Å². The van der Waals surface area contributed by atoms with Crippen molar-refractivity contribution in [3.63, 3.8) is 0 Å². The summed E-state index contributed by atoms with van der Waals surface area (Å²) in [7, 11) is -3.74. The van der Waals surface area contributed by atoms with Crippen LogP contribution in [0.25, 0.3) is 11.1 Å². The molecule has 4 nitrogen and oxygen atoms in total. The monoisotopic (exact) mass is 372 g/mol. The van der Waals surface area contributed by atoms with Crippen LogP contribution in [0.15, 0.2) is 105 Å². The van der Waals surface area contributed by atoms with Crippen molar-refractivity contribution >= 4 is 9.84 Å². The second kappa shape index (κ2) is 5.47. The van der Waals surface area contributed by atoms with E-state index in [2.05, 4.69) is 22.4 Å². The fraction of sp³-hybridized carbons (Fsp3) is 0.0909. The van der Waals surface area contributed by atoms with Crippen molar-refractivity contribution in [2.45, 2.75) is 17.4 Å². The number of fused-ring (bicyclic) bond motifs is 5. The first-order valence-electron chi connectivity index (χ1n) is 8.70. The van der Waals surface area contributed by atoms with E-state index in [1.54, 1.807) is 30.3 Å². The summed E-state index contributed by atoms with van der Waals surface area (Å²) in [6.45, 7) is 1.83. The summed E-state index contributed by atoms with van der Waals surface area (Å²) < 4.78 is 26.4.